The summed E-state index contributed by atoms with van der Waals surface area (Å²) in [7, 11) is -7.55. The molecule has 0 saturated carbocycles. The zero-order chi connectivity index (χ0) is 22.2. The number of rotatable bonds is 6. The van der Waals surface area contributed by atoms with Crippen LogP contribution in [0.15, 0.2) is 47.4 Å². The van der Waals surface area contributed by atoms with E-state index in [1.54, 1.807) is 19.1 Å². The molecule has 0 unspecified atom stereocenters. The number of halogens is 3. The topological polar surface area (TPSA) is 83.6 Å². The molecule has 0 atom stereocenters. The molecule has 0 fully saturated rings. The Kier molecular flexibility index (Phi) is 6.06. The van der Waals surface area contributed by atoms with Gasteiger partial charge in [-0.2, -0.15) is 13.2 Å². The normalized spacial score (nSPS) is 15.0. The highest BCUT2D eigenvalue weighted by molar-refractivity contribution is 7.93. The molecule has 30 heavy (non-hydrogen) atoms. The Bertz CT molecular complexity index is 1130. The number of anilines is 2. The van der Waals surface area contributed by atoms with Crippen molar-refractivity contribution in [1.29, 1.82) is 0 Å². The molecule has 0 saturated heterocycles. The first kappa shape index (κ1) is 22.4. The fourth-order valence-electron chi connectivity index (χ4n) is 3.32. The molecule has 1 aliphatic heterocycles. The number of nitrogens with zero attached hydrogens (tertiary/aromatic N) is 1. The van der Waals surface area contributed by atoms with Crippen LogP contribution in [0.25, 0.3) is 0 Å². The smallest absolute Gasteiger partial charge is 0.280 e. The Morgan fingerprint density at radius 1 is 1.03 bits per heavy atom. The zero-order valence-corrected chi connectivity index (χ0v) is 17.7. The molecule has 3 rings (SSSR count). The first-order valence-corrected chi connectivity index (χ1v) is 12.4. The third-order valence-electron chi connectivity index (χ3n) is 4.70. The van der Waals surface area contributed by atoms with Crippen LogP contribution in [0.2, 0.25) is 0 Å². The minimum Gasteiger partial charge on any atom is -0.280 e. The van der Waals surface area contributed by atoms with Crippen LogP contribution in [0, 0.1) is 0 Å². The van der Waals surface area contributed by atoms with E-state index in [2.05, 4.69) is 4.72 Å². The van der Waals surface area contributed by atoms with Gasteiger partial charge in [-0.3, -0.25) is 9.03 Å². The number of sulfonamides is 2. The summed E-state index contributed by atoms with van der Waals surface area (Å²) in [6.45, 7) is 2.15. The maximum atomic E-state index is 12.7. The molecule has 0 aliphatic carbocycles. The van der Waals surface area contributed by atoms with Crippen LogP contribution in [0.1, 0.15) is 30.9 Å². The average Bonchev–Trinajstić information content (AvgIpc) is 2.66. The van der Waals surface area contributed by atoms with Gasteiger partial charge in [-0.05, 0) is 67.3 Å². The molecule has 0 amide bonds. The standard InChI is InChI=1S/C19H21F3N2O4S2/c1-2-12-29(25,26)24-11-3-4-14-13-16(7-10-18(14)24)23-30(27,28)17-8-5-15(6-9-17)19(20,21)22/h5-10,13,23H,2-4,11-12H2,1H3. The van der Waals surface area contributed by atoms with Crippen LogP contribution in [-0.2, 0) is 32.6 Å². The average molecular weight is 463 g/mol. The molecule has 1 aliphatic rings. The van der Waals surface area contributed by atoms with Gasteiger partial charge in [0.05, 0.1) is 21.9 Å². The summed E-state index contributed by atoms with van der Waals surface area (Å²) in [5, 5.41) is 0. The summed E-state index contributed by atoms with van der Waals surface area (Å²) < 4.78 is 91.8. The van der Waals surface area contributed by atoms with E-state index in [-0.39, 0.29) is 16.3 Å². The van der Waals surface area contributed by atoms with Gasteiger partial charge in [-0.1, -0.05) is 6.92 Å². The van der Waals surface area contributed by atoms with Gasteiger partial charge in [0.15, 0.2) is 0 Å². The molecule has 11 heteroatoms. The van der Waals surface area contributed by atoms with Crippen molar-refractivity contribution in [2.75, 3.05) is 21.3 Å². The maximum absolute atomic E-state index is 12.7. The first-order valence-electron chi connectivity index (χ1n) is 9.27. The first-order chi connectivity index (χ1) is 13.9. The van der Waals surface area contributed by atoms with Crippen LogP contribution in [0.3, 0.4) is 0 Å². The van der Waals surface area contributed by atoms with Crippen LogP contribution in [0.4, 0.5) is 24.5 Å². The van der Waals surface area contributed by atoms with Crippen LogP contribution >= 0.6 is 0 Å². The predicted octanol–water partition coefficient (Wildman–Crippen LogP) is 4.00. The predicted molar refractivity (Wildman–Crippen MR) is 108 cm³/mol. The van der Waals surface area contributed by atoms with Crippen LogP contribution in [0.5, 0.6) is 0 Å². The summed E-state index contributed by atoms with van der Waals surface area (Å²) in [4.78, 5) is -0.305. The highest BCUT2D eigenvalue weighted by Crippen LogP contribution is 2.33. The third kappa shape index (κ3) is 4.72. The number of nitrogens with one attached hydrogen (secondary N) is 1. The largest absolute Gasteiger partial charge is 0.416 e. The summed E-state index contributed by atoms with van der Waals surface area (Å²) in [5.41, 5.74) is 0.479. The van der Waals surface area contributed by atoms with Crippen molar-refractivity contribution in [3.63, 3.8) is 0 Å². The van der Waals surface area contributed by atoms with E-state index in [0.717, 1.165) is 12.1 Å². The molecule has 2 aromatic carbocycles. The van der Waals surface area contributed by atoms with E-state index in [1.807, 2.05) is 0 Å². The van der Waals surface area contributed by atoms with E-state index >= 15 is 0 Å². The van der Waals surface area contributed by atoms with Gasteiger partial charge in [0.2, 0.25) is 10.0 Å². The molecule has 2 aromatic rings. The van der Waals surface area contributed by atoms with Crippen LogP contribution < -0.4 is 9.03 Å². The summed E-state index contributed by atoms with van der Waals surface area (Å²) in [5.74, 6) is 0.0226. The van der Waals surface area contributed by atoms with Crippen molar-refractivity contribution < 1.29 is 30.0 Å². The lowest BCUT2D eigenvalue weighted by Crippen LogP contribution is -2.37. The highest BCUT2D eigenvalue weighted by Gasteiger charge is 2.31. The van der Waals surface area contributed by atoms with E-state index in [9.17, 15) is 30.0 Å². The lowest BCUT2D eigenvalue weighted by atomic mass is 10.0. The minimum absolute atomic E-state index is 0.0226. The van der Waals surface area contributed by atoms with Gasteiger partial charge in [0.25, 0.3) is 10.0 Å². The van der Waals surface area contributed by atoms with Gasteiger partial charge in [0, 0.05) is 12.2 Å². The minimum atomic E-state index is -4.56. The number of alkyl halides is 3. The third-order valence-corrected chi connectivity index (χ3v) is 8.07. The molecule has 6 nitrogen and oxygen atoms in total. The summed E-state index contributed by atoms with van der Waals surface area (Å²) >= 11 is 0. The van der Waals surface area contributed by atoms with Gasteiger partial charge in [-0.25, -0.2) is 16.8 Å². The zero-order valence-electron chi connectivity index (χ0n) is 16.1. The van der Waals surface area contributed by atoms with E-state index in [4.69, 9.17) is 0 Å². The molecule has 0 spiro atoms. The molecule has 164 valence electrons. The maximum Gasteiger partial charge on any atom is 0.416 e. The molecular weight excluding hydrogens is 441 g/mol. The Labute approximate surface area is 173 Å². The number of hydrogen-bond acceptors (Lipinski definition) is 4. The Balaban J connectivity index is 1.86. The van der Waals surface area contributed by atoms with Gasteiger partial charge in [-0.15, -0.1) is 0 Å². The fraction of sp³-hybridized carbons (Fsp3) is 0.368. The molecule has 1 N–H and O–H groups in total. The van der Waals surface area contributed by atoms with Crippen molar-refractivity contribution in [1.82, 2.24) is 0 Å². The molecule has 1 heterocycles. The Morgan fingerprint density at radius 2 is 1.70 bits per heavy atom. The molecule has 0 radical (unpaired) electrons. The Hall–Kier alpha value is -2.27. The monoisotopic (exact) mass is 462 g/mol. The van der Waals surface area contributed by atoms with Crippen molar-refractivity contribution in [2.45, 2.75) is 37.3 Å². The highest BCUT2D eigenvalue weighted by atomic mass is 32.2. The number of fused-ring (bicyclic) bond motifs is 1. The number of hydrogen-bond donors (Lipinski definition) is 1. The van der Waals surface area contributed by atoms with Crippen molar-refractivity contribution in [3.05, 3.63) is 53.6 Å². The fourth-order valence-corrected chi connectivity index (χ4v) is 5.99. The van der Waals surface area contributed by atoms with Crippen LogP contribution in [-0.4, -0.2) is 29.1 Å². The van der Waals surface area contributed by atoms with E-state index in [0.29, 0.717) is 49.2 Å². The lowest BCUT2D eigenvalue weighted by Gasteiger charge is -2.30. The second kappa shape index (κ2) is 8.10. The molecule has 0 aromatic heterocycles. The number of aryl methyl sites for hydroxylation is 1. The number of benzene rings is 2. The summed E-state index contributed by atoms with van der Waals surface area (Å²) in [6.07, 6.45) is -2.88. The van der Waals surface area contributed by atoms with Crippen molar-refractivity contribution in [3.8, 4) is 0 Å². The lowest BCUT2D eigenvalue weighted by molar-refractivity contribution is -0.137. The van der Waals surface area contributed by atoms with Crippen molar-refractivity contribution in [2.24, 2.45) is 0 Å². The van der Waals surface area contributed by atoms with E-state index < -0.39 is 31.8 Å². The van der Waals surface area contributed by atoms with E-state index in [1.165, 1.54) is 10.4 Å². The van der Waals surface area contributed by atoms with Gasteiger partial charge in [0.1, 0.15) is 0 Å². The quantitative estimate of drug-likeness (QED) is 0.704. The SMILES string of the molecule is CCCS(=O)(=O)N1CCCc2cc(NS(=O)(=O)c3ccc(C(F)(F)F)cc3)ccc21. The molecule has 0 bridgehead atoms. The molecular formula is C19H21F3N2O4S2. The second-order valence-corrected chi connectivity index (χ2v) is 10.7. The van der Waals surface area contributed by atoms with Gasteiger partial charge >= 0.3 is 6.18 Å². The second-order valence-electron chi connectivity index (χ2n) is 6.96. The van der Waals surface area contributed by atoms with Gasteiger partial charge < -0.3 is 0 Å². The van der Waals surface area contributed by atoms with Crippen molar-refractivity contribution >= 4 is 31.4 Å². The Morgan fingerprint density at radius 3 is 2.30 bits per heavy atom. The summed E-state index contributed by atoms with van der Waals surface area (Å²) in [6, 6.07) is 7.75.